The van der Waals surface area contributed by atoms with E-state index in [2.05, 4.69) is 18.7 Å². The highest BCUT2D eigenvalue weighted by atomic mass is 16.8. The lowest BCUT2D eigenvalue weighted by Crippen LogP contribution is -2.49. The summed E-state index contributed by atoms with van der Waals surface area (Å²) < 4.78 is 5.28. The molecule has 1 heterocycles. The zero-order valence-electron chi connectivity index (χ0n) is 5.89. The molecule has 0 radical (unpaired) electrons. The zero-order chi connectivity index (χ0) is 6.91. The van der Waals surface area contributed by atoms with Crippen LogP contribution in [0.4, 0.5) is 0 Å². The Bertz CT molecular complexity index is 99.2. The quantitative estimate of drug-likeness (QED) is 0.563. The molecule has 0 aromatic carbocycles. The number of nitrogens with two attached hydrogens (primary N) is 1. The van der Waals surface area contributed by atoms with E-state index in [1.165, 1.54) is 0 Å². The van der Waals surface area contributed by atoms with Crippen LogP contribution in [0.1, 0.15) is 26.7 Å². The van der Waals surface area contributed by atoms with Gasteiger partial charge in [-0.1, -0.05) is 6.92 Å². The molecule has 2 N–H and O–H groups in total. The summed E-state index contributed by atoms with van der Waals surface area (Å²) in [6, 6.07) is 0. The Morgan fingerprint density at radius 3 is 2.78 bits per heavy atom. The maximum atomic E-state index is 5.28. The summed E-state index contributed by atoms with van der Waals surface area (Å²) in [5.41, 5.74) is 0.0318. The van der Waals surface area contributed by atoms with Gasteiger partial charge in [0.05, 0.1) is 5.60 Å². The third-order valence-corrected chi connectivity index (χ3v) is 1.91. The molecule has 0 saturated carbocycles. The fraction of sp³-hybridized carbons (Fsp3) is 1.00. The smallest absolute Gasteiger partial charge is 0.180 e. The molecule has 2 atom stereocenters. The first-order chi connectivity index (χ1) is 4.20. The van der Waals surface area contributed by atoms with Gasteiger partial charge in [-0.25, -0.2) is 5.90 Å². The summed E-state index contributed by atoms with van der Waals surface area (Å²) in [5, 5.41) is 0. The van der Waals surface area contributed by atoms with Crippen molar-refractivity contribution < 1.29 is 9.57 Å². The second-order valence-electron chi connectivity index (χ2n) is 2.69. The topological polar surface area (TPSA) is 44.5 Å². The summed E-state index contributed by atoms with van der Waals surface area (Å²) in [6.07, 6.45) is 1.78. The minimum atomic E-state index is -0.157. The van der Waals surface area contributed by atoms with E-state index >= 15 is 0 Å². The van der Waals surface area contributed by atoms with Crippen LogP contribution >= 0.6 is 0 Å². The van der Waals surface area contributed by atoms with E-state index in [4.69, 9.17) is 10.6 Å². The Labute approximate surface area is 55.1 Å². The van der Waals surface area contributed by atoms with Gasteiger partial charge >= 0.3 is 0 Å². The molecule has 54 valence electrons. The lowest BCUT2D eigenvalue weighted by Gasteiger charge is -2.43. The minimum Gasteiger partial charge on any atom is -0.344 e. The molecule has 0 aromatic heterocycles. The molecule has 3 heteroatoms. The van der Waals surface area contributed by atoms with Crippen LogP contribution in [0.3, 0.4) is 0 Å². The van der Waals surface area contributed by atoms with Crippen LogP contribution in [-0.2, 0) is 9.57 Å². The third-order valence-electron chi connectivity index (χ3n) is 1.91. The first kappa shape index (κ1) is 6.99. The van der Waals surface area contributed by atoms with Crippen molar-refractivity contribution in [3.05, 3.63) is 0 Å². The Kier molecular flexibility index (Phi) is 1.75. The zero-order valence-corrected chi connectivity index (χ0v) is 5.89. The largest absolute Gasteiger partial charge is 0.344 e. The highest BCUT2D eigenvalue weighted by Gasteiger charge is 2.40. The normalized spacial score (nSPS) is 42.3. The second-order valence-corrected chi connectivity index (χ2v) is 2.69. The first-order valence-electron chi connectivity index (χ1n) is 3.23. The van der Waals surface area contributed by atoms with E-state index < -0.39 is 0 Å². The molecular formula is C6H13NO2. The van der Waals surface area contributed by atoms with Crippen molar-refractivity contribution in [3.63, 3.8) is 0 Å². The highest BCUT2D eigenvalue weighted by molar-refractivity contribution is 4.83. The average Bonchev–Trinajstić information content (AvgIpc) is 1.81. The van der Waals surface area contributed by atoms with Gasteiger partial charge in [-0.15, -0.1) is 0 Å². The molecule has 0 spiro atoms. The van der Waals surface area contributed by atoms with Gasteiger partial charge in [0.15, 0.2) is 6.29 Å². The van der Waals surface area contributed by atoms with E-state index in [0.29, 0.717) is 0 Å². The van der Waals surface area contributed by atoms with E-state index in [-0.39, 0.29) is 11.9 Å². The van der Waals surface area contributed by atoms with Gasteiger partial charge in [0.1, 0.15) is 0 Å². The van der Waals surface area contributed by atoms with Crippen LogP contribution in [-0.4, -0.2) is 11.9 Å². The Hall–Kier alpha value is -0.120. The molecule has 1 aliphatic heterocycles. The van der Waals surface area contributed by atoms with Gasteiger partial charge in [0, 0.05) is 6.42 Å². The Morgan fingerprint density at radius 2 is 2.44 bits per heavy atom. The van der Waals surface area contributed by atoms with Crippen LogP contribution in [0.2, 0.25) is 0 Å². The fourth-order valence-electron chi connectivity index (χ4n) is 0.964. The summed E-state index contributed by atoms with van der Waals surface area (Å²) in [5.74, 6) is 4.88. The van der Waals surface area contributed by atoms with Gasteiger partial charge in [-0.2, -0.15) is 0 Å². The predicted octanol–water partition coefficient (Wildman–Crippen LogP) is 0.792. The minimum absolute atomic E-state index is 0.0318. The lowest BCUT2D eigenvalue weighted by atomic mass is 9.93. The SMILES string of the molecule is CCC1(C)CC(ON)O1. The third kappa shape index (κ3) is 1.23. The summed E-state index contributed by atoms with van der Waals surface area (Å²) in [4.78, 5) is 4.46. The molecule has 1 saturated heterocycles. The van der Waals surface area contributed by atoms with Crippen molar-refractivity contribution in [2.45, 2.75) is 38.6 Å². The van der Waals surface area contributed by atoms with Crippen molar-refractivity contribution in [2.75, 3.05) is 0 Å². The fourth-order valence-corrected chi connectivity index (χ4v) is 0.964. The van der Waals surface area contributed by atoms with Crippen LogP contribution in [0.5, 0.6) is 0 Å². The molecule has 0 bridgehead atoms. The number of hydrogen-bond donors (Lipinski definition) is 1. The molecule has 0 aliphatic carbocycles. The standard InChI is InChI=1S/C6H13NO2/c1-3-6(2)4-5(8-6)9-7/h5H,3-4,7H2,1-2H3. The molecule has 3 nitrogen and oxygen atoms in total. The van der Waals surface area contributed by atoms with Crippen molar-refractivity contribution in [2.24, 2.45) is 5.90 Å². The van der Waals surface area contributed by atoms with Crippen molar-refractivity contribution in [3.8, 4) is 0 Å². The number of hydrogen-bond acceptors (Lipinski definition) is 3. The van der Waals surface area contributed by atoms with Crippen LogP contribution in [0.15, 0.2) is 0 Å². The summed E-state index contributed by atoms with van der Waals surface area (Å²) in [7, 11) is 0. The van der Waals surface area contributed by atoms with Crippen molar-refractivity contribution in [1.29, 1.82) is 0 Å². The lowest BCUT2D eigenvalue weighted by molar-refractivity contribution is -0.305. The molecule has 0 amide bonds. The molecule has 9 heavy (non-hydrogen) atoms. The van der Waals surface area contributed by atoms with Gasteiger partial charge in [-0.05, 0) is 13.3 Å². The molecule has 1 fully saturated rings. The second kappa shape index (κ2) is 2.25. The van der Waals surface area contributed by atoms with E-state index in [9.17, 15) is 0 Å². The van der Waals surface area contributed by atoms with Crippen molar-refractivity contribution >= 4 is 0 Å². The number of rotatable bonds is 2. The first-order valence-corrected chi connectivity index (χ1v) is 3.23. The summed E-state index contributed by atoms with van der Waals surface area (Å²) >= 11 is 0. The van der Waals surface area contributed by atoms with Gasteiger partial charge in [0.25, 0.3) is 0 Å². The average molecular weight is 131 g/mol. The predicted molar refractivity (Wildman–Crippen MR) is 33.5 cm³/mol. The molecule has 0 aromatic rings. The number of ether oxygens (including phenoxy) is 1. The van der Waals surface area contributed by atoms with Crippen molar-refractivity contribution in [1.82, 2.24) is 0 Å². The Morgan fingerprint density at radius 1 is 1.89 bits per heavy atom. The summed E-state index contributed by atoms with van der Waals surface area (Å²) in [6.45, 7) is 4.15. The van der Waals surface area contributed by atoms with Crippen LogP contribution < -0.4 is 5.90 Å². The van der Waals surface area contributed by atoms with Gasteiger partial charge in [-0.3, -0.25) is 4.84 Å². The van der Waals surface area contributed by atoms with Crippen LogP contribution in [0, 0.1) is 0 Å². The highest BCUT2D eigenvalue weighted by Crippen LogP contribution is 2.34. The van der Waals surface area contributed by atoms with Gasteiger partial charge < -0.3 is 4.74 Å². The van der Waals surface area contributed by atoms with E-state index in [1.807, 2.05) is 0 Å². The maximum Gasteiger partial charge on any atom is 0.180 e. The molecule has 1 rings (SSSR count). The van der Waals surface area contributed by atoms with Gasteiger partial charge in [0.2, 0.25) is 0 Å². The monoisotopic (exact) mass is 131 g/mol. The van der Waals surface area contributed by atoms with E-state index in [0.717, 1.165) is 12.8 Å². The van der Waals surface area contributed by atoms with Crippen LogP contribution in [0.25, 0.3) is 0 Å². The molecule has 2 unspecified atom stereocenters. The molecular weight excluding hydrogens is 118 g/mol. The molecule has 1 aliphatic rings. The maximum absolute atomic E-state index is 5.28. The Balaban J connectivity index is 2.24. The van der Waals surface area contributed by atoms with E-state index in [1.54, 1.807) is 0 Å².